The van der Waals surface area contributed by atoms with Crippen LogP contribution in [0, 0.1) is 6.92 Å². The van der Waals surface area contributed by atoms with Gasteiger partial charge in [-0.25, -0.2) is 9.97 Å². The van der Waals surface area contributed by atoms with E-state index in [2.05, 4.69) is 48.1 Å². The summed E-state index contributed by atoms with van der Waals surface area (Å²) in [6.07, 6.45) is 4.13. The maximum absolute atomic E-state index is 5.40. The van der Waals surface area contributed by atoms with Crippen LogP contribution in [0.4, 0.5) is 0 Å². The summed E-state index contributed by atoms with van der Waals surface area (Å²) in [5, 5.41) is 0. The molecule has 0 spiro atoms. The van der Waals surface area contributed by atoms with Crippen molar-refractivity contribution in [2.45, 2.75) is 39.7 Å². The number of methoxy groups -OCH3 is 1. The number of nitrogens with zero attached hydrogens (tertiary/aromatic N) is 2. The quantitative estimate of drug-likeness (QED) is 0.820. The predicted octanol–water partition coefficient (Wildman–Crippen LogP) is 4.11. The van der Waals surface area contributed by atoms with Crippen molar-refractivity contribution in [1.82, 2.24) is 9.97 Å². The Kier molecular flexibility index (Phi) is 4.85. The van der Waals surface area contributed by atoms with Crippen molar-refractivity contribution >= 4 is 0 Å². The van der Waals surface area contributed by atoms with Crippen LogP contribution in [0.3, 0.4) is 0 Å². The van der Waals surface area contributed by atoms with Crippen molar-refractivity contribution in [3.63, 3.8) is 0 Å². The molecule has 1 aromatic carbocycles. The maximum Gasteiger partial charge on any atom is 0.125 e. The molecule has 1 heterocycles. The largest absolute Gasteiger partial charge is 0.377 e. The van der Waals surface area contributed by atoms with E-state index in [9.17, 15) is 0 Å². The Morgan fingerprint density at radius 1 is 1.30 bits per heavy atom. The first-order valence-corrected chi connectivity index (χ1v) is 7.11. The van der Waals surface area contributed by atoms with Gasteiger partial charge in [-0.15, -0.1) is 0 Å². The fourth-order valence-corrected chi connectivity index (χ4v) is 2.27. The number of hydrogen-bond acceptors (Lipinski definition) is 3. The zero-order chi connectivity index (χ0) is 14.5. The van der Waals surface area contributed by atoms with Crippen molar-refractivity contribution in [2.24, 2.45) is 0 Å². The maximum atomic E-state index is 5.40. The second-order valence-corrected chi connectivity index (χ2v) is 5.04. The standard InChI is InChI=1S/C17H22N2O/c1-5-7-16-11-18-13(3)19-17(16)15-9-6-8-14(10-15)12(2)20-4/h6,8-12H,5,7H2,1-4H3/t12-/m1/s1. The van der Waals surface area contributed by atoms with E-state index >= 15 is 0 Å². The number of aryl methyl sites for hydroxylation is 2. The van der Waals surface area contributed by atoms with Crippen LogP contribution in [0.15, 0.2) is 30.5 Å². The van der Waals surface area contributed by atoms with Crippen LogP contribution in [0.1, 0.15) is 43.3 Å². The molecule has 2 aromatic rings. The van der Waals surface area contributed by atoms with Gasteiger partial charge in [-0.2, -0.15) is 0 Å². The molecule has 0 saturated heterocycles. The van der Waals surface area contributed by atoms with Crippen LogP contribution in [-0.2, 0) is 11.2 Å². The second kappa shape index (κ2) is 6.62. The van der Waals surface area contributed by atoms with Crippen LogP contribution >= 0.6 is 0 Å². The first-order chi connectivity index (χ1) is 9.65. The Bertz CT molecular complexity index is 581. The molecule has 0 aliphatic heterocycles. The molecule has 20 heavy (non-hydrogen) atoms. The van der Waals surface area contributed by atoms with Crippen molar-refractivity contribution in [3.05, 3.63) is 47.4 Å². The molecular weight excluding hydrogens is 248 g/mol. The van der Waals surface area contributed by atoms with Crippen LogP contribution < -0.4 is 0 Å². The minimum Gasteiger partial charge on any atom is -0.377 e. The molecule has 0 radical (unpaired) electrons. The van der Waals surface area contributed by atoms with E-state index < -0.39 is 0 Å². The van der Waals surface area contributed by atoms with Gasteiger partial charge in [-0.3, -0.25) is 0 Å². The smallest absolute Gasteiger partial charge is 0.125 e. The Morgan fingerprint density at radius 3 is 2.80 bits per heavy atom. The highest BCUT2D eigenvalue weighted by molar-refractivity contribution is 5.63. The molecule has 0 N–H and O–H groups in total. The van der Waals surface area contributed by atoms with Crippen LogP contribution in [0.25, 0.3) is 11.3 Å². The Balaban J connectivity index is 2.47. The molecule has 0 bridgehead atoms. The van der Waals surface area contributed by atoms with Crippen molar-refractivity contribution in [3.8, 4) is 11.3 Å². The monoisotopic (exact) mass is 270 g/mol. The van der Waals surface area contributed by atoms with Gasteiger partial charge < -0.3 is 4.74 Å². The molecule has 1 aromatic heterocycles. The Labute approximate surface area is 121 Å². The lowest BCUT2D eigenvalue weighted by Crippen LogP contribution is -2.00. The summed E-state index contributed by atoms with van der Waals surface area (Å²) < 4.78 is 5.40. The Morgan fingerprint density at radius 2 is 2.10 bits per heavy atom. The van der Waals surface area contributed by atoms with E-state index in [1.54, 1.807) is 7.11 Å². The lowest BCUT2D eigenvalue weighted by molar-refractivity contribution is 0.119. The topological polar surface area (TPSA) is 35.0 Å². The first kappa shape index (κ1) is 14.7. The molecule has 106 valence electrons. The van der Waals surface area contributed by atoms with E-state index in [-0.39, 0.29) is 6.10 Å². The molecular formula is C17H22N2O. The van der Waals surface area contributed by atoms with Crippen molar-refractivity contribution in [2.75, 3.05) is 7.11 Å². The summed E-state index contributed by atoms with van der Waals surface area (Å²) in [4.78, 5) is 8.96. The lowest BCUT2D eigenvalue weighted by Gasteiger charge is -2.13. The van der Waals surface area contributed by atoms with E-state index in [1.807, 2.05) is 13.1 Å². The predicted molar refractivity (Wildman–Crippen MR) is 81.6 cm³/mol. The molecule has 0 amide bonds. The third-order valence-corrected chi connectivity index (χ3v) is 3.49. The number of ether oxygens (including phenoxy) is 1. The molecule has 0 fully saturated rings. The van der Waals surface area contributed by atoms with Crippen molar-refractivity contribution in [1.29, 1.82) is 0 Å². The van der Waals surface area contributed by atoms with E-state index in [0.29, 0.717) is 0 Å². The fourth-order valence-electron chi connectivity index (χ4n) is 2.27. The lowest BCUT2D eigenvalue weighted by atomic mass is 10.0. The zero-order valence-electron chi connectivity index (χ0n) is 12.7. The van der Waals surface area contributed by atoms with E-state index in [1.165, 1.54) is 11.1 Å². The highest BCUT2D eigenvalue weighted by Gasteiger charge is 2.10. The Hall–Kier alpha value is -1.74. The van der Waals surface area contributed by atoms with Gasteiger partial charge in [0.05, 0.1) is 11.8 Å². The van der Waals surface area contributed by atoms with Crippen LogP contribution in [-0.4, -0.2) is 17.1 Å². The summed E-state index contributed by atoms with van der Waals surface area (Å²) in [6.45, 7) is 6.16. The number of aromatic nitrogens is 2. The average molecular weight is 270 g/mol. The summed E-state index contributed by atoms with van der Waals surface area (Å²) >= 11 is 0. The minimum absolute atomic E-state index is 0.0903. The highest BCUT2D eigenvalue weighted by atomic mass is 16.5. The third-order valence-electron chi connectivity index (χ3n) is 3.49. The normalized spacial score (nSPS) is 12.4. The van der Waals surface area contributed by atoms with Gasteiger partial charge >= 0.3 is 0 Å². The molecule has 3 heteroatoms. The molecule has 0 unspecified atom stereocenters. The van der Waals surface area contributed by atoms with Gasteiger partial charge in [0.15, 0.2) is 0 Å². The van der Waals surface area contributed by atoms with Gasteiger partial charge in [0.2, 0.25) is 0 Å². The molecule has 0 saturated carbocycles. The highest BCUT2D eigenvalue weighted by Crippen LogP contribution is 2.26. The molecule has 2 rings (SSSR count). The number of hydrogen-bond donors (Lipinski definition) is 0. The first-order valence-electron chi connectivity index (χ1n) is 7.11. The van der Waals surface area contributed by atoms with Gasteiger partial charge in [0, 0.05) is 18.9 Å². The average Bonchev–Trinajstić information content (AvgIpc) is 2.48. The van der Waals surface area contributed by atoms with Gasteiger partial charge in [-0.1, -0.05) is 31.5 Å². The van der Waals surface area contributed by atoms with Crippen molar-refractivity contribution < 1.29 is 4.74 Å². The fraction of sp³-hybridized carbons (Fsp3) is 0.412. The minimum atomic E-state index is 0.0903. The van der Waals surface area contributed by atoms with E-state index in [4.69, 9.17) is 4.74 Å². The molecule has 1 atom stereocenters. The van der Waals surface area contributed by atoms with Crippen LogP contribution in [0.2, 0.25) is 0 Å². The van der Waals surface area contributed by atoms with Crippen LogP contribution in [0.5, 0.6) is 0 Å². The molecule has 3 nitrogen and oxygen atoms in total. The number of benzene rings is 1. The number of rotatable bonds is 5. The van der Waals surface area contributed by atoms with Gasteiger partial charge in [-0.05, 0) is 37.5 Å². The zero-order valence-corrected chi connectivity index (χ0v) is 12.7. The summed E-state index contributed by atoms with van der Waals surface area (Å²) in [6, 6.07) is 8.42. The molecule has 0 aliphatic carbocycles. The summed E-state index contributed by atoms with van der Waals surface area (Å²) in [5.74, 6) is 0.810. The summed E-state index contributed by atoms with van der Waals surface area (Å²) in [7, 11) is 1.73. The van der Waals surface area contributed by atoms with Gasteiger partial charge in [0.1, 0.15) is 5.82 Å². The summed E-state index contributed by atoms with van der Waals surface area (Å²) in [5.41, 5.74) is 4.56. The second-order valence-electron chi connectivity index (χ2n) is 5.04. The molecule has 0 aliphatic rings. The van der Waals surface area contributed by atoms with E-state index in [0.717, 1.165) is 29.9 Å². The SMILES string of the molecule is CCCc1cnc(C)nc1-c1cccc([C@@H](C)OC)c1. The van der Waals surface area contributed by atoms with Gasteiger partial charge in [0.25, 0.3) is 0 Å². The third kappa shape index (κ3) is 3.23.